The average molecular weight is 477 g/mol. The van der Waals surface area contributed by atoms with E-state index in [-0.39, 0.29) is 23.6 Å². The molecule has 0 unspecified atom stereocenters. The fraction of sp³-hybridized carbons (Fsp3) is 0.462. The second-order valence-electron chi connectivity index (χ2n) is 9.69. The van der Waals surface area contributed by atoms with E-state index in [4.69, 9.17) is 9.15 Å². The van der Waals surface area contributed by atoms with E-state index in [1.807, 2.05) is 48.0 Å². The maximum atomic E-state index is 13.1. The van der Waals surface area contributed by atoms with Crippen LogP contribution in [0.2, 0.25) is 0 Å². The first-order valence-electron chi connectivity index (χ1n) is 12.2. The van der Waals surface area contributed by atoms with Gasteiger partial charge in [0.25, 0.3) is 5.56 Å². The van der Waals surface area contributed by atoms with Crippen molar-refractivity contribution in [2.75, 3.05) is 6.61 Å². The predicted octanol–water partition coefficient (Wildman–Crippen LogP) is 3.99. The molecule has 1 saturated heterocycles. The first kappa shape index (κ1) is 23.4. The molecule has 4 aromatic rings. The smallest absolute Gasteiger partial charge is 0.252 e. The number of ether oxygens (including phenoxy) is 1. The topological polar surface area (TPSA) is 102 Å². The number of para-hydroxylation sites is 1. The Hall–Kier alpha value is -3.30. The minimum Gasteiger partial charge on any atom is -0.468 e. The molecule has 0 radical (unpaired) electrons. The first-order chi connectivity index (χ1) is 17.0. The Morgan fingerprint density at radius 2 is 2.11 bits per heavy atom. The molecule has 0 bridgehead atoms. The minimum absolute atomic E-state index is 0.0855. The molecule has 0 saturated carbocycles. The average Bonchev–Trinajstić information content (AvgIpc) is 3.60. The fourth-order valence-electron chi connectivity index (χ4n) is 5.04. The highest BCUT2D eigenvalue weighted by Crippen LogP contribution is 2.31. The van der Waals surface area contributed by atoms with Crippen molar-refractivity contribution in [3.05, 3.63) is 75.7 Å². The third-order valence-electron chi connectivity index (χ3n) is 6.73. The number of aromatic nitrogens is 5. The molecular weight excluding hydrogens is 444 g/mol. The molecule has 1 N–H and O–H groups in total. The zero-order valence-electron chi connectivity index (χ0n) is 20.5. The van der Waals surface area contributed by atoms with Crippen LogP contribution in [0.25, 0.3) is 10.9 Å². The van der Waals surface area contributed by atoms with Crippen LogP contribution in [0.5, 0.6) is 0 Å². The molecular formula is C26H32N6O3. The van der Waals surface area contributed by atoms with Gasteiger partial charge in [-0.25, -0.2) is 4.68 Å². The van der Waals surface area contributed by atoms with E-state index < -0.39 is 0 Å². The lowest BCUT2D eigenvalue weighted by Gasteiger charge is -2.33. The van der Waals surface area contributed by atoms with Crippen LogP contribution in [0.15, 0.2) is 51.9 Å². The molecule has 9 heteroatoms. The number of pyridine rings is 1. The number of aryl methyl sites for hydroxylation is 1. The standard InChI is InChI=1S/C26H32N6O3/c1-17(2)24(25-28-29-30-32(25)16-22-10-6-12-35-22)31(15-21-9-5-11-34-21)14-20-13-19-8-4-7-18(3)23(19)27-26(20)33/h4-5,7-9,11,13,17,22,24H,6,10,12,14-16H2,1-3H3,(H,27,33)/t22-,24-/m0/s1. The SMILES string of the molecule is Cc1cccc2cc(CN(Cc3ccco3)[C@H](c3nnnn3C[C@@H]3CCCO3)C(C)C)c(=O)[nH]c12. The van der Waals surface area contributed by atoms with Gasteiger partial charge in [0, 0.05) is 18.7 Å². The number of tetrazole rings is 1. The van der Waals surface area contributed by atoms with Gasteiger partial charge in [-0.05, 0) is 65.3 Å². The molecule has 0 amide bonds. The number of hydrogen-bond acceptors (Lipinski definition) is 7. The summed E-state index contributed by atoms with van der Waals surface area (Å²) in [5.41, 5.74) is 2.53. The zero-order valence-corrected chi connectivity index (χ0v) is 20.5. The molecule has 0 spiro atoms. The van der Waals surface area contributed by atoms with Crippen LogP contribution in [0, 0.1) is 12.8 Å². The quantitative estimate of drug-likeness (QED) is 0.390. The predicted molar refractivity (Wildman–Crippen MR) is 132 cm³/mol. The highest BCUT2D eigenvalue weighted by atomic mass is 16.5. The van der Waals surface area contributed by atoms with E-state index in [2.05, 4.69) is 39.3 Å². The largest absolute Gasteiger partial charge is 0.468 e. The monoisotopic (exact) mass is 476 g/mol. The maximum Gasteiger partial charge on any atom is 0.252 e. The second-order valence-corrected chi connectivity index (χ2v) is 9.69. The Kier molecular flexibility index (Phi) is 6.79. The summed E-state index contributed by atoms with van der Waals surface area (Å²) in [5.74, 6) is 1.78. The van der Waals surface area contributed by atoms with Crippen LogP contribution < -0.4 is 5.56 Å². The third kappa shape index (κ3) is 5.06. The van der Waals surface area contributed by atoms with Crippen LogP contribution >= 0.6 is 0 Å². The molecule has 9 nitrogen and oxygen atoms in total. The number of fused-ring (bicyclic) bond motifs is 1. The van der Waals surface area contributed by atoms with Crippen LogP contribution in [-0.2, 0) is 24.4 Å². The van der Waals surface area contributed by atoms with E-state index in [1.54, 1.807) is 6.26 Å². The first-order valence-corrected chi connectivity index (χ1v) is 12.2. The lowest BCUT2D eigenvalue weighted by molar-refractivity contribution is 0.0836. The summed E-state index contributed by atoms with van der Waals surface area (Å²) >= 11 is 0. The number of hydrogen-bond donors (Lipinski definition) is 1. The number of H-pyrrole nitrogens is 1. The summed E-state index contributed by atoms with van der Waals surface area (Å²) < 4.78 is 13.4. The summed E-state index contributed by atoms with van der Waals surface area (Å²) in [7, 11) is 0. The van der Waals surface area contributed by atoms with E-state index in [1.165, 1.54) is 0 Å². The van der Waals surface area contributed by atoms with Gasteiger partial charge >= 0.3 is 0 Å². The Bertz CT molecular complexity index is 1320. The van der Waals surface area contributed by atoms with Crippen molar-refractivity contribution < 1.29 is 9.15 Å². The number of nitrogens with zero attached hydrogens (tertiary/aromatic N) is 5. The normalized spacial score (nSPS) is 17.1. The molecule has 4 heterocycles. The van der Waals surface area contributed by atoms with Gasteiger partial charge in [-0.1, -0.05) is 32.0 Å². The summed E-state index contributed by atoms with van der Waals surface area (Å²) in [6, 6.07) is 11.7. The molecule has 1 fully saturated rings. The Morgan fingerprint density at radius 3 is 2.86 bits per heavy atom. The van der Waals surface area contributed by atoms with Gasteiger partial charge in [0.1, 0.15) is 5.76 Å². The number of rotatable bonds is 9. The van der Waals surface area contributed by atoms with Crippen molar-refractivity contribution in [2.45, 2.75) is 65.4 Å². The van der Waals surface area contributed by atoms with Gasteiger partial charge in [-0.15, -0.1) is 5.10 Å². The fourth-order valence-corrected chi connectivity index (χ4v) is 5.04. The van der Waals surface area contributed by atoms with Crippen LogP contribution in [0.3, 0.4) is 0 Å². The minimum atomic E-state index is -0.135. The van der Waals surface area contributed by atoms with Gasteiger partial charge in [0.2, 0.25) is 0 Å². The molecule has 35 heavy (non-hydrogen) atoms. The Morgan fingerprint density at radius 1 is 1.23 bits per heavy atom. The lowest BCUT2D eigenvalue weighted by Crippen LogP contribution is -2.35. The van der Waals surface area contributed by atoms with Gasteiger partial charge in [-0.3, -0.25) is 9.69 Å². The van der Waals surface area contributed by atoms with Crippen LogP contribution in [-0.4, -0.2) is 42.8 Å². The van der Waals surface area contributed by atoms with Crippen molar-refractivity contribution in [3.63, 3.8) is 0 Å². The highest BCUT2D eigenvalue weighted by molar-refractivity contribution is 5.81. The van der Waals surface area contributed by atoms with Gasteiger partial charge in [0.15, 0.2) is 5.82 Å². The molecule has 0 aliphatic carbocycles. The van der Waals surface area contributed by atoms with Crippen LogP contribution in [0.4, 0.5) is 0 Å². The van der Waals surface area contributed by atoms with Crippen molar-refractivity contribution in [2.24, 2.45) is 5.92 Å². The molecule has 5 rings (SSSR count). The van der Waals surface area contributed by atoms with Gasteiger partial charge < -0.3 is 14.1 Å². The molecule has 1 aliphatic rings. The Balaban J connectivity index is 1.52. The van der Waals surface area contributed by atoms with Crippen LogP contribution in [0.1, 0.15) is 55.4 Å². The summed E-state index contributed by atoms with van der Waals surface area (Å²) in [6.07, 6.45) is 3.86. The van der Waals surface area contributed by atoms with Gasteiger partial charge in [-0.2, -0.15) is 0 Å². The van der Waals surface area contributed by atoms with Crippen molar-refractivity contribution in [1.82, 2.24) is 30.1 Å². The van der Waals surface area contributed by atoms with E-state index in [0.717, 1.165) is 47.5 Å². The lowest BCUT2D eigenvalue weighted by atomic mass is 10.00. The number of furan rings is 1. The molecule has 184 valence electrons. The van der Waals surface area contributed by atoms with Crippen molar-refractivity contribution >= 4 is 10.9 Å². The maximum absolute atomic E-state index is 13.1. The van der Waals surface area contributed by atoms with E-state index >= 15 is 0 Å². The summed E-state index contributed by atoms with van der Waals surface area (Å²) in [4.78, 5) is 18.4. The third-order valence-corrected chi connectivity index (χ3v) is 6.73. The second kappa shape index (κ2) is 10.1. The molecule has 2 atom stereocenters. The van der Waals surface area contributed by atoms with Crippen molar-refractivity contribution in [1.29, 1.82) is 0 Å². The summed E-state index contributed by atoms with van der Waals surface area (Å²) in [5, 5.41) is 13.8. The van der Waals surface area contributed by atoms with Crippen molar-refractivity contribution in [3.8, 4) is 0 Å². The van der Waals surface area contributed by atoms with E-state index in [0.29, 0.717) is 25.2 Å². The molecule has 1 aliphatic heterocycles. The Labute approximate surface area is 204 Å². The number of aromatic amines is 1. The number of benzene rings is 1. The summed E-state index contributed by atoms with van der Waals surface area (Å²) in [6.45, 7) is 8.66. The number of nitrogens with one attached hydrogen (secondary N) is 1. The van der Waals surface area contributed by atoms with E-state index in [9.17, 15) is 4.79 Å². The highest BCUT2D eigenvalue weighted by Gasteiger charge is 2.31. The zero-order chi connectivity index (χ0) is 24.4. The van der Waals surface area contributed by atoms with Gasteiger partial charge in [0.05, 0.1) is 37.0 Å². The molecule has 1 aromatic carbocycles. The molecule has 3 aromatic heterocycles.